The van der Waals surface area contributed by atoms with Gasteiger partial charge in [-0.2, -0.15) is 0 Å². The topological polar surface area (TPSA) is 154 Å². The number of H-pyrrole nitrogens is 1. The van der Waals surface area contributed by atoms with E-state index < -0.39 is 47.7 Å². The van der Waals surface area contributed by atoms with Crippen molar-refractivity contribution in [2.75, 3.05) is 6.61 Å². The second-order valence-electron chi connectivity index (χ2n) is 5.54. The number of hydrogen-bond donors (Lipinski definition) is 2. The first-order chi connectivity index (χ1) is 12.3. The Labute approximate surface area is 146 Å². The van der Waals surface area contributed by atoms with E-state index >= 15 is 0 Å². The summed E-state index contributed by atoms with van der Waals surface area (Å²) in [6.45, 7) is 0.747. The maximum absolute atomic E-state index is 11.9. The van der Waals surface area contributed by atoms with Crippen molar-refractivity contribution in [1.29, 1.82) is 0 Å². The molecule has 11 nitrogen and oxygen atoms in total. The van der Waals surface area contributed by atoms with Gasteiger partial charge in [-0.25, -0.2) is 4.79 Å². The molecule has 1 unspecified atom stereocenters. The monoisotopic (exact) mass is 370 g/mol. The zero-order valence-electron chi connectivity index (χ0n) is 13.8. The number of rotatable bonds is 7. The Kier molecular flexibility index (Phi) is 6.41. The fraction of sp³-hybridized carbons (Fsp3) is 0.533. The van der Waals surface area contributed by atoms with Crippen molar-refractivity contribution < 1.29 is 33.7 Å². The van der Waals surface area contributed by atoms with Crippen molar-refractivity contribution in [3.05, 3.63) is 33.1 Å². The molecule has 2 heterocycles. The van der Waals surface area contributed by atoms with E-state index in [1.807, 2.05) is 4.98 Å². The van der Waals surface area contributed by atoms with Crippen molar-refractivity contribution in [2.24, 2.45) is 0 Å². The van der Waals surface area contributed by atoms with Crippen LogP contribution in [0.1, 0.15) is 26.0 Å². The average Bonchev–Trinajstić information content (AvgIpc) is 2.87. The van der Waals surface area contributed by atoms with Gasteiger partial charge in [0.1, 0.15) is 25.1 Å². The highest BCUT2D eigenvalue weighted by atomic mass is 16.6. The third kappa shape index (κ3) is 4.64. The first-order valence-corrected chi connectivity index (χ1v) is 7.75. The fourth-order valence-corrected chi connectivity index (χ4v) is 2.45. The second kappa shape index (κ2) is 8.54. The molecule has 1 fully saturated rings. The highest BCUT2D eigenvalue weighted by Gasteiger charge is 2.47. The van der Waals surface area contributed by atoms with E-state index in [1.165, 1.54) is 0 Å². The maximum atomic E-state index is 11.9. The van der Waals surface area contributed by atoms with Gasteiger partial charge in [0.2, 0.25) is 0 Å². The van der Waals surface area contributed by atoms with Crippen LogP contribution in [0.4, 0.5) is 0 Å². The number of aldehydes is 1. The minimum atomic E-state index is -1.39. The fourth-order valence-electron chi connectivity index (χ4n) is 2.45. The van der Waals surface area contributed by atoms with E-state index in [1.54, 1.807) is 0 Å². The summed E-state index contributed by atoms with van der Waals surface area (Å²) in [6.07, 6.45) is -3.37. The molecular weight excluding hydrogens is 352 g/mol. The number of carbonyl (C=O) groups excluding carboxylic acids is 3. The number of ether oxygens (including phenoxy) is 3. The van der Waals surface area contributed by atoms with Crippen LogP contribution in [-0.2, 0) is 28.6 Å². The molecule has 0 saturated carbocycles. The van der Waals surface area contributed by atoms with Crippen LogP contribution in [0.25, 0.3) is 0 Å². The lowest BCUT2D eigenvalue weighted by Crippen LogP contribution is -2.40. The van der Waals surface area contributed by atoms with Crippen LogP contribution >= 0.6 is 0 Å². The van der Waals surface area contributed by atoms with Crippen LogP contribution in [0.2, 0.25) is 0 Å². The quantitative estimate of drug-likeness (QED) is 0.420. The molecule has 0 amide bonds. The largest absolute Gasteiger partial charge is 0.463 e. The van der Waals surface area contributed by atoms with Gasteiger partial charge in [-0.05, 0) is 0 Å². The molecule has 1 aromatic rings. The van der Waals surface area contributed by atoms with E-state index in [0.29, 0.717) is 6.29 Å². The second-order valence-corrected chi connectivity index (χ2v) is 5.54. The van der Waals surface area contributed by atoms with E-state index in [4.69, 9.17) is 14.2 Å². The lowest BCUT2D eigenvalue weighted by atomic mass is 10.1. The molecule has 2 rings (SSSR count). The maximum Gasteiger partial charge on any atom is 0.330 e. The average molecular weight is 370 g/mol. The Morgan fingerprint density at radius 3 is 2.77 bits per heavy atom. The van der Waals surface area contributed by atoms with Crippen molar-refractivity contribution in [3.8, 4) is 0 Å². The molecule has 0 aliphatic carbocycles. The zero-order valence-corrected chi connectivity index (χ0v) is 13.8. The van der Waals surface area contributed by atoms with Crippen LogP contribution in [-0.4, -0.2) is 57.8 Å². The smallest absolute Gasteiger partial charge is 0.330 e. The summed E-state index contributed by atoms with van der Waals surface area (Å²) in [5, 5.41) is 10.3. The Bertz CT molecular complexity index is 784. The summed E-state index contributed by atoms with van der Waals surface area (Å²) in [6, 6.07) is 1.06. The first kappa shape index (κ1) is 19.5. The zero-order chi connectivity index (χ0) is 19.3. The number of esters is 2. The number of hydrogen-bond acceptors (Lipinski definition) is 9. The minimum Gasteiger partial charge on any atom is -0.463 e. The SMILES string of the molecule is CC(=O)O[C@H]1C(O)[C@@H](COC(=O)CCC=O)O[C@H]1n1ccc(=O)[nH]c1=O. The highest BCUT2D eigenvalue weighted by molar-refractivity contribution is 5.72. The van der Waals surface area contributed by atoms with Gasteiger partial charge >= 0.3 is 17.6 Å². The number of aromatic nitrogens is 2. The number of carbonyl (C=O) groups is 3. The van der Waals surface area contributed by atoms with Crippen LogP contribution in [0.3, 0.4) is 0 Å². The van der Waals surface area contributed by atoms with Crippen molar-refractivity contribution >= 4 is 18.2 Å². The van der Waals surface area contributed by atoms with Gasteiger partial charge in [0.25, 0.3) is 5.56 Å². The van der Waals surface area contributed by atoms with Crippen LogP contribution in [0.15, 0.2) is 21.9 Å². The third-order valence-corrected chi connectivity index (χ3v) is 3.62. The van der Waals surface area contributed by atoms with Crippen LogP contribution in [0, 0.1) is 0 Å². The molecule has 26 heavy (non-hydrogen) atoms. The van der Waals surface area contributed by atoms with Gasteiger partial charge in [0, 0.05) is 25.6 Å². The van der Waals surface area contributed by atoms with Gasteiger partial charge in [-0.15, -0.1) is 0 Å². The summed E-state index contributed by atoms with van der Waals surface area (Å²) >= 11 is 0. The molecule has 1 aliphatic rings. The summed E-state index contributed by atoms with van der Waals surface area (Å²) in [5.74, 6) is -1.38. The molecule has 1 saturated heterocycles. The van der Waals surface area contributed by atoms with Crippen LogP contribution in [0.5, 0.6) is 0 Å². The lowest BCUT2D eigenvalue weighted by Gasteiger charge is -2.21. The predicted molar refractivity (Wildman–Crippen MR) is 83.1 cm³/mol. The van der Waals surface area contributed by atoms with Crippen molar-refractivity contribution in [1.82, 2.24) is 9.55 Å². The van der Waals surface area contributed by atoms with Gasteiger partial charge < -0.3 is 24.1 Å². The van der Waals surface area contributed by atoms with Gasteiger partial charge in [-0.1, -0.05) is 0 Å². The molecule has 1 aromatic heterocycles. The van der Waals surface area contributed by atoms with Gasteiger partial charge in [0.05, 0.1) is 6.42 Å². The highest BCUT2D eigenvalue weighted by Crippen LogP contribution is 2.31. The molecule has 1 aliphatic heterocycles. The van der Waals surface area contributed by atoms with E-state index in [2.05, 4.69) is 0 Å². The summed E-state index contributed by atoms with van der Waals surface area (Å²) in [5.41, 5.74) is -1.45. The van der Waals surface area contributed by atoms with E-state index in [9.17, 15) is 29.1 Å². The first-order valence-electron chi connectivity index (χ1n) is 7.75. The molecule has 0 bridgehead atoms. The molecular formula is C15H18N2O9. The molecule has 0 spiro atoms. The van der Waals surface area contributed by atoms with Gasteiger partial charge in [0.15, 0.2) is 12.3 Å². The standard InChI is InChI=1S/C15H18N2O9/c1-8(19)25-13-12(22)9(7-24-11(21)3-2-6-18)26-14(13)17-5-4-10(20)16-15(17)23/h4-6,9,12-14,22H,2-3,7H2,1H3,(H,16,20,23)/t9-,12?,13+,14-/m1/s1. The summed E-state index contributed by atoms with van der Waals surface area (Å²) in [4.78, 5) is 58.2. The van der Waals surface area contributed by atoms with Gasteiger partial charge in [-0.3, -0.25) is 23.9 Å². The Balaban J connectivity index is 2.17. The third-order valence-electron chi connectivity index (χ3n) is 3.62. The lowest BCUT2D eigenvalue weighted by molar-refractivity contribution is -0.156. The number of aliphatic hydroxyl groups excluding tert-OH is 1. The predicted octanol–water partition coefficient (Wildman–Crippen LogP) is -1.75. The Hall–Kier alpha value is -2.79. The summed E-state index contributed by atoms with van der Waals surface area (Å²) < 4.78 is 16.4. The number of aliphatic hydroxyl groups is 1. The van der Waals surface area contributed by atoms with Crippen LogP contribution < -0.4 is 11.2 Å². The van der Waals surface area contributed by atoms with E-state index in [-0.39, 0.29) is 19.4 Å². The Morgan fingerprint density at radius 2 is 2.15 bits per heavy atom. The molecule has 0 radical (unpaired) electrons. The molecule has 2 N–H and O–H groups in total. The number of nitrogens with zero attached hydrogens (tertiary/aromatic N) is 1. The molecule has 4 atom stereocenters. The van der Waals surface area contributed by atoms with E-state index in [0.717, 1.165) is 23.8 Å². The minimum absolute atomic E-state index is 0.00161. The Morgan fingerprint density at radius 1 is 1.42 bits per heavy atom. The molecule has 0 aromatic carbocycles. The summed E-state index contributed by atoms with van der Waals surface area (Å²) in [7, 11) is 0. The molecule has 11 heteroatoms. The number of aromatic amines is 1. The molecule has 142 valence electrons. The van der Waals surface area contributed by atoms with Crippen molar-refractivity contribution in [3.63, 3.8) is 0 Å². The normalized spacial score (nSPS) is 24.8. The number of nitrogens with one attached hydrogen (secondary N) is 1. The van der Waals surface area contributed by atoms with Crippen molar-refractivity contribution in [2.45, 2.75) is 44.3 Å².